The van der Waals surface area contributed by atoms with Gasteiger partial charge in [-0.2, -0.15) is 0 Å². The minimum atomic E-state index is -0.134. The summed E-state index contributed by atoms with van der Waals surface area (Å²) >= 11 is 0. The van der Waals surface area contributed by atoms with Gasteiger partial charge in [0.05, 0.1) is 7.11 Å². The Bertz CT molecular complexity index is 922. The van der Waals surface area contributed by atoms with E-state index in [0.717, 1.165) is 49.5 Å². The van der Waals surface area contributed by atoms with E-state index in [1.54, 1.807) is 7.11 Å². The van der Waals surface area contributed by atoms with Crippen LogP contribution in [0.1, 0.15) is 36.8 Å². The van der Waals surface area contributed by atoms with Gasteiger partial charge in [-0.25, -0.2) is 0 Å². The highest BCUT2D eigenvalue weighted by atomic mass is 16.5. The Morgan fingerprint density at radius 2 is 1.97 bits per heavy atom. The van der Waals surface area contributed by atoms with Crippen molar-refractivity contribution in [3.8, 4) is 5.75 Å². The third-order valence-electron chi connectivity index (χ3n) is 6.33. The Morgan fingerprint density at radius 1 is 1.16 bits per heavy atom. The lowest BCUT2D eigenvalue weighted by Gasteiger charge is -2.32. The number of carbonyl (C=O) groups is 2. The quantitative estimate of drug-likeness (QED) is 0.719. The van der Waals surface area contributed by atoms with E-state index in [2.05, 4.69) is 27.7 Å². The van der Waals surface area contributed by atoms with Crippen LogP contribution in [0.25, 0.3) is 0 Å². The molecule has 4 rings (SSSR count). The Balaban J connectivity index is 1.19. The lowest BCUT2D eigenvalue weighted by Crippen LogP contribution is -2.44. The topological polar surface area (TPSA) is 70.7 Å². The maximum atomic E-state index is 12.5. The van der Waals surface area contributed by atoms with Gasteiger partial charge in [0, 0.05) is 43.7 Å². The fourth-order valence-corrected chi connectivity index (χ4v) is 4.52. The number of rotatable bonds is 7. The van der Waals surface area contributed by atoms with Crippen LogP contribution in [0.5, 0.6) is 5.75 Å². The Morgan fingerprint density at radius 3 is 2.77 bits per heavy atom. The molecule has 1 saturated heterocycles. The van der Waals surface area contributed by atoms with E-state index in [1.165, 1.54) is 5.56 Å². The minimum absolute atomic E-state index is 0.0253. The van der Waals surface area contributed by atoms with Crippen LogP contribution in [0, 0.1) is 5.92 Å². The van der Waals surface area contributed by atoms with Crippen molar-refractivity contribution in [2.75, 3.05) is 25.5 Å². The van der Waals surface area contributed by atoms with Crippen molar-refractivity contribution < 1.29 is 14.3 Å². The molecule has 31 heavy (non-hydrogen) atoms. The summed E-state index contributed by atoms with van der Waals surface area (Å²) in [6.07, 6.45) is 3.59. The molecule has 1 unspecified atom stereocenters. The predicted octanol–water partition coefficient (Wildman–Crippen LogP) is 3.37. The van der Waals surface area contributed by atoms with Crippen molar-refractivity contribution in [1.82, 2.24) is 10.2 Å². The van der Waals surface area contributed by atoms with Crippen molar-refractivity contribution in [1.29, 1.82) is 0 Å². The number of ether oxygens (including phenoxy) is 1. The number of nitrogens with one attached hydrogen (secondary N) is 2. The average Bonchev–Trinajstić information content (AvgIpc) is 2.79. The maximum Gasteiger partial charge on any atom is 0.227 e. The zero-order chi connectivity index (χ0) is 21.6. The van der Waals surface area contributed by atoms with Gasteiger partial charge in [-0.15, -0.1) is 0 Å². The van der Waals surface area contributed by atoms with Crippen LogP contribution in [0.3, 0.4) is 0 Å². The molecule has 2 amide bonds. The van der Waals surface area contributed by atoms with E-state index in [0.29, 0.717) is 19.3 Å². The molecule has 0 saturated carbocycles. The zero-order valence-electron chi connectivity index (χ0n) is 18.1. The molecular weight excluding hydrogens is 390 g/mol. The molecule has 2 aliphatic heterocycles. The number of hydrogen-bond donors (Lipinski definition) is 2. The molecule has 6 nitrogen and oxygen atoms in total. The first-order chi connectivity index (χ1) is 15.1. The van der Waals surface area contributed by atoms with Crippen LogP contribution in [-0.4, -0.2) is 43.0 Å². The number of fused-ring (bicyclic) bond motifs is 1. The highest BCUT2D eigenvalue weighted by Crippen LogP contribution is 2.27. The SMILES string of the molecule is COc1cccc(CN2CCC(NC(=O)CCC3Cc4ccccc4NC3=O)CC2)c1. The van der Waals surface area contributed by atoms with Gasteiger partial charge < -0.3 is 15.4 Å². The summed E-state index contributed by atoms with van der Waals surface area (Å²) < 4.78 is 5.30. The monoisotopic (exact) mass is 421 g/mol. The molecule has 2 aromatic rings. The molecule has 2 heterocycles. The summed E-state index contributed by atoms with van der Waals surface area (Å²) in [5.41, 5.74) is 3.29. The van der Waals surface area contributed by atoms with Crippen molar-refractivity contribution >= 4 is 17.5 Å². The van der Waals surface area contributed by atoms with Gasteiger partial charge in [-0.05, 0) is 55.0 Å². The summed E-state index contributed by atoms with van der Waals surface area (Å²) in [4.78, 5) is 27.2. The van der Waals surface area contributed by atoms with E-state index in [1.807, 2.05) is 36.4 Å². The van der Waals surface area contributed by atoms with Crippen LogP contribution in [-0.2, 0) is 22.6 Å². The third kappa shape index (κ3) is 5.64. The van der Waals surface area contributed by atoms with Gasteiger partial charge in [-0.3, -0.25) is 14.5 Å². The van der Waals surface area contributed by atoms with E-state index in [4.69, 9.17) is 4.74 Å². The number of nitrogens with zero attached hydrogens (tertiary/aromatic N) is 1. The summed E-state index contributed by atoms with van der Waals surface area (Å²) in [5, 5.41) is 6.14. The minimum Gasteiger partial charge on any atom is -0.497 e. The third-order valence-corrected chi connectivity index (χ3v) is 6.33. The standard InChI is InChI=1S/C25H31N3O3/c1-31-22-7-4-5-18(15-22)17-28-13-11-21(12-14-28)26-24(29)10-9-20-16-19-6-2-3-8-23(19)27-25(20)30/h2-8,15,20-21H,9-14,16-17H2,1H3,(H,26,29)(H,27,30). The molecule has 0 radical (unpaired) electrons. The largest absolute Gasteiger partial charge is 0.497 e. The van der Waals surface area contributed by atoms with Gasteiger partial charge in [0.2, 0.25) is 11.8 Å². The molecule has 2 N–H and O–H groups in total. The van der Waals surface area contributed by atoms with E-state index < -0.39 is 0 Å². The second-order valence-corrected chi connectivity index (χ2v) is 8.56. The second kappa shape index (κ2) is 9.96. The second-order valence-electron chi connectivity index (χ2n) is 8.56. The van der Waals surface area contributed by atoms with E-state index in [-0.39, 0.29) is 23.8 Å². The van der Waals surface area contributed by atoms with Crippen molar-refractivity contribution in [2.24, 2.45) is 5.92 Å². The molecule has 2 aliphatic rings. The summed E-state index contributed by atoms with van der Waals surface area (Å²) in [5.74, 6) is 0.829. The lowest BCUT2D eigenvalue weighted by atomic mass is 9.89. The molecule has 0 bridgehead atoms. The molecule has 1 atom stereocenters. The highest BCUT2D eigenvalue weighted by molar-refractivity contribution is 5.96. The molecule has 164 valence electrons. The van der Waals surface area contributed by atoms with Gasteiger partial charge >= 0.3 is 0 Å². The van der Waals surface area contributed by atoms with Gasteiger partial charge in [0.25, 0.3) is 0 Å². The predicted molar refractivity (Wildman–Crippen MR) is 121 cm³/mol. The molecule has 0 spiro atoms. The maximum absolute atomic E-state index is 12.5. The number of benzene rings is 2. The number of piperidine rings is 1. The number of para-hydroxylation sites is 1. The highest BCUT2D eigenvalue weighted by Gasteiger charge is 2.27. The van der Waals surface area contributed by atoms with Crippen LogP contribution in [0.4, 0.5) is 5.69 Å². The number of likely N-dealkylation sites (tertiary alicyclic amines) is 1. The van der Waals surface area contributed by atoms with Gasteiger partial charge in [0.1, 0.15) is 5.75 Å². The van der Waals surface area contributed by atoms with Crippen molar-refractivity contribution in [2.45, 2.75) is 44.7 Å². The van der Waals surface area contributed by atoms with Gasteiger partial charge in [-0.1, -0.05) is 30.3 Å². The lowest BCUT2D eigenvalue weighted by molar-refractivity contribution is -0.123. The fraction of sp³-hybridized carbons (Fsp3) is 0.440. The van der Waals surface area contributed by atoms with Crippen LogP contribution in [0.15, 0.2) is 48.5 Å². The smallest absolute Gasteiger partial charge is 0.227 e. The molecule has 2 aromatic carbocycles. The Kier molecular flexibility index (Phi) is 6.87. The number of anilines is 1. The van der Waals surface area contributed by atoms with Crippen LogP contribution >= 0.6 is 0 Å². The molecule has 1 fully saturated rings. The molecule has 0 aliphatic carbocycles. The van der Waals surface area contributed by atoms with Crippen molar-refractivity contribution in [3.05, 3.63) is 59.7 Å². The molecule has 0 aromatic heterocycles. The molecular formula is C25H31N3O3. The Hall–Kier alpha value is -2.86. The zero-order valence-corrected chi connectivity index (χ0v) is 18.1. The van der Waals surface area contributed by atoms with Gasteiger partial charge in [0.15, 0.2) is 0 Å². The number of amides is 2. The number of methoxy groups -OCH3 is 1. The number of carbonyl (C=O) groups excluding carboxylic acids is 2. The molecule has 6 heteroatoms. The average molecular weight is 422 g/mol. The fourth-order valence-electron chi connectivity index (χ4n) is 4.52. The summed E-state index contributed by atoms with van der Waals surface area (Å²) in [7, 11) is 1.69. The van der Waals surface area contributed by atoms with Crippen molar-refractivity contribution in [3.63, 3.8) is 0 Å². The first-order valence-electron chi connectivity index (χ1n) is 11.1. The summed E-state index contributed by atoms with van der Waals surface area (Å²) in [6.45, 7) is 2.82. The van der Waals surface area contributed by atoms with Crippen LogP contribution < -0.4 is 15.4 Å². The van der Waals surface area contributed by atoms with E-state index >= 15 is 0 Å². The number of hydrogen-bond acceptors (Lipinski definition) is 4. The first-order valence-corrected chi connectivity index (χ1v) is 11.1. The summed E-state index contributed by atoms with van der Waals surface area (Å²) in [6, 6.07) is 16.3. The normalized spacial score (nSPS) is 19.4. The first kappa shape index (κ1) is 21.4. The van der Waals surface area contributed by atoms with Crippen LogP contribution in [0.2, 0.25) is 0 Å². The van der Waals surface area contributed by atoms with E-state index in [9.17, 15) is 9.59 Å². The Labute approximate surface area is 184 Å².